The summed E-state index contributed by atoms with van der Waals surface area (Å²) in [6.45, 7) is 4.20. The lowest BCUT2D eigenvalue weighted by molar-refractivity contribution is -0.145. The van der Waals surface area contributed by atoms with E-state index in [2.05, 4.69) is 12.2 Å². The third-order valence-corrected chi connectivity index (χ3v) is 2.70. The van der Waals surface area contributed by atoms with Crippen molar-refractivity contribution in [1.82, 2.24) is 5.32 Å². The van der Waals surface area contributed by atoms with Crippen molar-refractivity contribution in [1.29, 1.82) is 0 Å². The number of rotatable bonds is 7. The molecule has 4 nitrogen and oxygen atoms in total. The van der Waals surface area contributed by atoms with Gasteiger partial charge in [0.1, 0.15) is 5.75 Å². The maximum Gasteiger partial charge on any atom is 0.344 e. The van der Waals surface area contributed by atoms with E-state index in [-0.39, 0.29) is 18.6 Å². The molecule has 0 fully saturated rings. The van der Waals surface area contributed by atoms with E-state index in [0.717, 1.165) is 17.7 Å². The first-order valence-corrected chi connectivity index (χ1v) is 6.27. The van der Waals surface area contributed by atoms with E-state index >= 15 is 0 Å². The van der Waals surface area contributed by atoms with Gasteiger partial charge in [-0.3, -0.25) is 0 Å². The van der Waals surface area contributed by atoms with E-state index in [1.807, 2.05) is 31.3 Å². The molecule has 18 heavy (non-hydrogen) atoms. The van der Waals surface area contributed by atoms with Crippen LogP contribution < -0.4 is 10.1 Å². The van der Waals surface area contributed by atoms with Gasteiger partial charge in [-0.15, -0.1) is 0 Å². The van der Waals surface area contributed by atoms with Crippen molar-refractivity contribution < 1.29 is 14.3 Å². The number of carbonyl (C=O) groups is 1. The van der Waals surface area contributed by atoms with Crippen LogP contribution in [-0.2, 0) is 9.53 Å². The van der Waals surface area contributed by atoms with Crippen LogP contribution in [-0.4, -0.2) is 26.2 Å². The molecule has 1 atom stereocenters. The van der Waals surface area contributed by atoms with Crippen molar-refractivity contribution >= 4 is 5.97 Å². The number of carbonyl (C=O) groups excluding carboxylic acids is 1. The van der Waals surface area contributed by atoms with E-state index in [0.29, 0.717) is 6.61 Å². The summed E-state index contributed by atoms with van der Waals surface area (Å²) in [5.74, 6) is 0.386. The van der Waals surface area contributed by atoms with Crippen molar-refractivity contribution in [3.63, 3.8) is 0 Å². The Hall–Kier alpha value is -1.55. The number of nitrogens with one attached hydrogen (secondary N) is 1. The molecule has 100 valence electrons. The normalized spacial score (nSPS) is 11.9. The summed E-state index contributed by atoms with van der Waals surface area (Å²) in [6, 6.07) is 7.96. The second-order valence-electron chi connectivity index (χ2n) is 3.88. The minimum atomic E-state index is -0.343. The Kier molecular flexibility index (Phi) is 6.22. The molecule has 1 N–H and O–H groups in total. The smallest absolute Gasteiger partial charge is 0.344 e. The van der Waals surface area contributed by atoms with Gasteiger partial charge in [0.05, 0.1) is 6.61 Å². The van der Waals surface area contributed by atoms with E-state index in [1.54, 1.807) is 6.92 Å². The molecule has 4 heteroatoms. The zero-order valence-electron chi connectivity index (χ0n) is 11.2. The highest BCUT2D eigenvalue weighted by molar-refractivity contribution is 5.71. The fourth-order valence-corrected chi connectivity index (χ4v) is 1.82. The molecular weight excluding hydrogens is 230 g/mol. The Labute approximate surface area is 108 Å². The molecule has 1 aromatic rings. The summed E-state index contributed by atoms with van der Waals surface area (Å²) in [5, 5.41) is 3.23. The highest BCUT2D eigenvalue weighted by Crippen LogP contribution is 2.26. The molecule has 0 heterocycles. The summed E-state index contributed by atoms with van der Waals surface area (Å²) < 4.78 is 10.4. The quantitative estimate of drug-likeness (QED) is 0.755. The largest absolute Gasteiger partial charge is 0.482 e. The summed E-state index contributed by atoms with van der Waals surface area (Å²) in [4.78, 5) is 11.3. The van der Waals surface area contributed by atoms with Crippen LogP contribution in [0.4, 0.5) is 0 Å². The second kappa shape index (κ2) is 7.71. The predicted molar refractivity (Wildman–Crippen MR) is 70.7 cm³/mol. The molecule has 1 unspecified atom stereocenters. The van der Waals surface area contributed by atoms with Crippen molar-refractivity contribution in [3.8, 4) is 5.75 Å². The van der Waals surface area contributed by atoms with Gasteiger partial charge in [0.2, 0.25) is 0 Å². The lowest BCUT2D eigenvalue weighted by atomic mass is 10.0. The first-order chi connectivity index (χ1) is 8.72. The Morgan fingerprint density at radius 2 is 2.06 bits per heavy atom. The highest BCUT2D eigenvalue weighted by Gasteiger charge is 2.13. The van der Waals surface area contributed by atoms with Crippen molar-refractivity contribution in [2.45, 2.75) is 26.3 Å². The Balaban J connectivity index is 2.73. The standard InChI is InChI=1S/C14H21NO3/c1-4-12(15-3)11-8-6-7-9-13(11)18-10-14(16)17-5-2/h6-9,12,15H,4-5,10H2,1-3H3. The van der Waals surface area contributed by atoms with E-state index < -0.39 is 0 Å². The number of benzene rings is 1. The second-order valence-corrected chi connectivity index (χ2v) is 3.88. The zero-order valence-corrected chi connectivity index (χ0v) is 11.2. The molecule has 0 radical (unpaired) electrons. The molecule has 0 bridgehead atoms. The maximum atomic E-state index is 11.3. The number of ether oxygens (including phenoxy) is 2. The first kappa shape index (κ1) is 14.5. The van der Waals surface area contributed by atoms with Crippen LogP contribution >= 0.6 is 0 Å². The van der Waals surface area contributed by atoms with Crippen LogP contribution in [0.1, 0.15) is 31.9 Å². The van der Waals surface area contributed by atoms with Gasteiger partial charge < -0.3 is 14.8 Å². The molecule has 0 aliphatic heterocycles. The minimum Gasteiger partial charge on any atom is -0.482 e. The lowest BCUT2D eigenvalue weighted by Gasteiger charge is -2.18. The average Bonchev–Trinajstić information content (AvgIpc) is 2.39. The SMILES string of the molecule is CCOC(=O)COc1ccccc1C(CC)NC. The molecule has 0 amide bonds. The number of hydrogen-bond donors (Lipinski definition) is 1. The highest BCUT2D eigenvalue weighted by atomic mass is 16.6. The van der Waals surface area contributed by atoms with Crippen molar-refractivity contribution in [2.75, 3.05) is 20.3 Å². The molecule has 0 spiro atoms. The third kappa shape index (κ3) is 4.04. The molecule has 0 aromatic heterocycles. The third-order valence-electron chi connectivity index (χ3n) is 2.70. The van der Waals surface area contributed by atoms with Gasteiger partial charge in [0, 0.05) is 11.6 Å². The van der Waals surface area contributed by atoms with Gasteiger partial charge in [-0.2, -0.15) is 0 Å². The number of hydrogen-bond acceptors (Lipinski definition) is 4. The van der Waals surface area contributed by atoms with Gasteiger partial charge in [0.25, 0.3) is 0 Å². The van der Waals surface area contributed by atoms with Crippen molar-refractivity contribution in [3.05, 3.63) is 29.8 Å². The molecular formula is C14H21NO3. The van der Waals surface area contributed by atoms with Crippen LogP contribution in [0.3, 0.4) is 0 Å². The van der Waals surface area contributed by atoms with Gasteiger partial charge >= 0.3 is 5.97 Å². The maximum absolute atomic E-state index is 11.3. The van der Waals surface area contributed by atoms with Crippen LogP contribution in [0.2, 0.25) is 0 Å². The van der Waals surface area contributed by atoms with E-state index in [1.165, 1.54) is 0 Å². The van der Waals surface area contributed by atoms with Crippen LogP contribution in [0.5, 0.6) is 5.75 Å². The molecule has 0 saturated carbocycles. The minimum absolute atomic E-state index is 0.0506. The zero-order chi connectivity index (χ0) is 13.4. The van der Waals surface area contributed by atoms with Gasteiger partial charge in [0.15, 0.2) is 6.61 Å². The topological polar surface area (TPSA) is 47.6 Å². The molecule has 1 aromatic carbocycles. The fraction of sp³-hybridized carbons (Fsp3) is 0.500. The van der Waals surface area contributed by atoms with Gasteiger partial charge in [-0.1, -0.05) is 25.1 Å². The predicted octanol–water partition coefficient (Wildman–Crippen LogP) is 2.30. The Morgan fingerprint density at radius 1 is 1.33 bits per heavy atom. The monoisotopic (exact) mass is 251 g/mol. The van der Waals surface area contributed by atoms with Crippen LogP contribution in [0, 0.1) is 0 Å². The van der Waals surface area contributed by atoms with Crippen molar-refractivity contribution in [2.24, 2.45) is 0 Å². The summed E-state index contributed by atoms with van der Waals surface area (Å²) in [6.07, 6.45) is 0.955. The summed E-state index contributed by atoms with van der Waals surface area (Å²) >= 11 is 0. The van der Waals surface area contributed by atoms with E-state index in [9.17, 15) is 4.79 Å². The van der Waals surface area contributed by atoms with Crippen LogP contribution in [0.25, 0.3) is 0 Å². The summed E-state index contributed by atoms with van der Waals surface area (Å²) in [7, 11) is 1.91. The molecule has 1 rings (SSSR count). The van der Waals surface area contributed by atoms with Gasteiger partial charge in [-0.25, -0.2) is 4.79 Å². The average molecular weight is 251 g/mol. The van der Waals surface area contributed by atoms with E-state index in [4.69, 9.17) is 9.47 Å². The number of para-hydroxylation sites is 1. The fourth-order valence-electron chi connectivity index (χ4n) is 1.82. The Morgan fingerprint density at radius 3 is 2.67 bits per heavy atom. The summed E-state index contributed by atoms with van der Waals surface area (Å²) in [5.41, 5.74) is 1.06. The molecule has 0 aliphatic carbocycles. The lowest BCUT2D eigenvalue weighted by Crippen LogP contribution is -2.19. The molecule has 0 aliphatic rings. The van der Waals surface area contributed by atoms with Gasteiger partial charge in [-0.05, 0) is 26.5 Å². The van der Waals surface area contributed by atoms with Crippen LogP contribution in [0.15, 0.2) is 24.3 Å². The Bertz CT molecular complexity index is 375. The number of esters is 1. The first-order valence-electron chi connectivity index (χ1n) is 6.27. The molecule has 0 saturated heterocycles.